The first-order valence-corrected chi connectivity index (χ1v) is 6.61. The van der Waals surface area contributed by atoms with Crippen molar-refractivity contribution in [2.24, 2.45) is 11.8 Å². The number of rotatable bonds is 6. The fourth-order valence-electron chi connectivity index (χ4n) is 2.63. The van der Waals surface area contributed by atoms with Crippen LogP contribution in [0.3, 0.4) is 0 Å². The van der Waals surface area contributed by atoms with Gasteiger partial charge in [-0.15, -0.1) is 0 Å². The zero-order valence-corrected chi connectivity index (χ0v) is 10.3. The highest BCUT2D eigenvalue weighted by atomic mass is 16.3. The van der Waals surface area contributed by atoms with Gasteiger partial charge < -0.3 is 10.4 Å². The Morgan fingerprint density at radius 1 is 1.20 bits per heavy atom. The molecule has 0 spiro atoms. The minimum Gasteiger partial charge on any atom is -0.392 e. The summed E-state index contributed by atoms with van der Waals surface area (Å²) < 4.78 is 0. The standard InChI is InChI=1S/C13H27NO/c1-3-4-12-5-7-13(8-6-12)10-14-9-11(2)15/h11-15H,3-10H2,1-2H3/t11-,12?,13?/m0/s1. The second-order valence-corrected chi connectivity index (χ2v) is 5.18. The second kappa shape index (κ2) is 7.24. The Morgan fingerprint density at radius 2 is 1.80 bits per heavy atom. The summed E-state index contributed by atoms with van der Waals surface area (Å²) in [6.45, 7) is 5.97. The fraction of sp³-hybridized carbons (Fsp3) is 1.00. The third-order valence-electron chi connectivity index (χ3n) is 3.54. The molecule has 15 heavy (non-hydrogen) atoms. The van der Waals surface area contributed by atoms with E-state index >= 15 is 0 Å². The van der Waals surface area contributed by atoms with E-state index in [4.69, 9.17) is 5.11 Å². The van der Waals surface area contributed by atoms with Crippen LogP contribution in [0.4, 0.5) is 0 Å². The molecule has 0 aromatic heterocycles. The molecule has 2 heteroatoms. The summed E-state index contributed by atoms with van der Waals surface area (Å²) in [6.07, 6.45) is 8.18. The number of aliphatic hydroxyl groups excluding tert-OH is 1. The molecule has 0 unspecified atom stereocenters. The van der Waals surface area contributed by atoms with Crippen molar-refractivity contribution in [3.63, 3.8) is 0 Å². The van der Waals surface area contributed by atoms with Crippen molar-refractivity contribution >= 4 is 0 Å². The third kappa shape index (κ3) is 5.53. The van der Waals surface area contributed by atoms with Crippen molar-refractivity contribution in [1.82, 2.24) is 5.32 Å². The average molecular weight is 213 g/mol. The molecule has 0 radical (unpaired) electrons. The monoisotopic (exact) mass is 213 g/mol. The largest absolute Gasteiger partial charge is 0.392 e. The number of aliphatic hydroxyl groups is 1. The van der Waals surface area contributed by atoms with Crippen LogP contribution in [0, 0.1) is 11.8 Å². The van der Waals surface area contributed by atoms with Gasteiger partial charge in [0, 0.05) is 6.54 Å². The molecule has 0 aliphatic heterocycles. The minimum absolute atomic E-state index is 0.207. The molecule has 0 heterocycles. The zero-order chi connectivity index (χ0) is 11.1. The van der Waals surface area contributed by atoms with Gasteiger partial charge in [0.05, 0.1) is 6.10 Å². The Morgan fingerprint density at radius 3 is 2.33 bits per heavy atom. The molecular formula is C13H27NO. The lowest BCUT2D eigenvalue weighted by Gasteiger charge is -2.28. The molecule has 90 valence electrons. The molecule has 1 fully saturated rings. The van der Waals surface area contributed by atoms with Gasteiger partial charge in [-0.1, -0.05) is 32.6 Å². The van der Waals surface area contributed by atoms with Crippen LogP contribution in [0.5, 0.6) is 0 Å². The van der Waals surface area contributed by atoms with Crippen molar-refractivity contribution < 1.29 is 5.11 Å². The van der Waals surface area contributed by atoms with Gasteiger partial charge in [0.25, 0.3) is 0 Å². The van der Waals surface area contributed by atoms with E-state index in [9.17, 15) is 0 Å². The molecule has 0 amide bonds. The predicted octanol–water partition coefficient (Wildman–Crippen LogP) is 2.56. The molecule has 0 aromatic rings. The summed E-state index contributed by atoms with van der Waals surface area (Å²) in [5, 5.41) is 12.5. The summed E-state index contributed by atoms with van der Waals surface area (Å²) in [6, 6.07) is 0. The zero-order valence-electron chi connectivity index (χ0n) is 10.3. The fourth-order valence-corrected chi connectivity index (χ4v) is 2.63. The number of hydrogen-bond donors (Lipinski definition) is 2. The first-order valence-electron chi connectivity index (χ1n) is 6.61. The van der Waals surface area contributed by atoms with Gasteiger partial charge in [0.1, 0.15) is 0 Å². The average Bonchev–Trinajstić information content (AvgIpc) is 2.20. The number of nitrogens with one attached hydrogen (secondary N) is 1. The van der Waals surface area contributed by atoms with E-state index in [1.54, 1.807) is 0 Å². The minimum atomic E-state index is -0.207. The van der Waals surface area contributed by atoms with Gasteiger partial charge in [0.15, 0.2) is 0 Å². The van der Waals surface area contributed by atoms with E-state index in [-0.39, 0.29) is 6.10 Å². The van der Waals surface area contributed by atoms with E-state index in [1.807, 2.05) is 6.92 Å². The maximum absolute atomic E-state index is 9.13. The Balaban J connectivity index is 2.04. The lowest BCUT2D eigenvalue weighted by Crippen LogP contribution is -2.31. The Kier molecular flexibility index (Phi) is 6.26. The summed E-state index contributed by atoms with van der Waals surface area (Å²) in [5.74, 6) is 1.86. The van der Waals surface area contributed by atoms with E-state index in [0.717, 1.165) is 24.9 Å². The molecule has 1 rings (SSSR count). The maximum Gasteiger partial charge on any atom is 0.0636 e. The summed E-state index contributed by atoms with van der Waals surface area (Å²) in [7, 11) is 0. The van der Waals surface area contributed by atoms with Crippen LogP contribution in [0.25, 0.3) is 0 Å². The van der Waals surface area contributed by atoms with Crippen LogP contribution in [0.2, 0.25) is 0 Å². The van der Waals surface area contributed by atoms with E-state index in [0.29, 0.717) is 0 Å². The highest BCUT2D eigenvalue weighted by molar-refractivity contribution is 4.74. The molecule has 0 saturated heterocycles. The van der Waals surface area contributed by atoms with Crippen LogP contribution < -0.4 is 5.32 Å². The van der Waals surface area contributed by atoms with Crippen LogP contribution in [-0.2, 0) is 0 Å². The predicted molar refractivity (Wildman–Crippen MR) is 64.9 cm³/mol. The second-order valence-electron chi connectivity index (χ2n) is 5.18. The van der Waals surface area contributed by atoms with Gasteiger partial charge in [-0.25, -0.2) is 0 Å². The van der Waals surface area contributed by atoms with Crippen LogP contribution in [-0.4, -0.2) is 24.3 Å². The van der Waals surface area contributed by atoms with Gasteiger partial charge in [-0.05, 0) is 38.1 Å². The Bertz CT molecular complexity index is 151. The summed E-state index contributed by atoms with van der Waals surface area (Å²) >= 11 is 0. The molecule has 1 atom stereocenters. The summed E-state index contributed by atoms with van der Waals surface area (Å²) in [5.41, 5.74) is 0. The quantitative estimate of drug-likeness (QED) is 0.711. The Hall–Kier alpha value is -0.0800. The van der Waals surface area contributed by atoms with E-state index in [2.05, 4.69) is 12.2 Å². The third-order valence-corrected chi connectivity index (χ3v) is 3.54. The molecule has 1 aliphatic rings. The first-order chi connectivity index (χ1) is 7.22. The highest BCUT2D eigenvalue weighted by Crippen LogP contribution is 2.30. The van der Waals surface area contributed by atoms with Crippen molar-refractivity contribution in [2.45, 2.75) is 58.5 Å². The molecule has 0 bridgehead atoms. The molecule has 1 saturated carbocycles. The Labute approximate surface area is 94.5 Å². The molecule has 1 aliphatic carbocycles. The molecule has 2 N–H and O–H groups in total. The smallest absolute Gasteiger partial charge is 0.0636 e. The van der Waals surface area contributed by atoms with Crippen LogP contribution in [0.15, 0.2) is 0 Å². The van der Waals surface area contributed by atoms with Crippen molar-refractivity contribution in [3.05, 3.63) is 0 Å². The van der Waals surface area contributed by atoms with Gasteiger partial charge in [-0.2, -0.15) is 0 Å². The molecular weight excluding hydrogens is 186 g/mol. The van der Waals surface area contributed by atoms with Crippen molar-refractivity contribution in [2.75, 3.05) is 13.1 Å². The van der Waals surface area contributed by atoms with Gasteiger partial charge in [0.2, 0.25) is 0 Å². The van der Waals surface area contributed by atoms with Gasteiger partial charge in [-0.3, -0.25) is 0 Å². The van der Waals surface area contributed by atoms with Crippen molar-refractivity contribution in [1.29, 1.82) is 0 Å². The first kappa shape index (κ1) is 13.0. The normalized spacial score (nSPS) is 29.0. The van der Waals surface area contributed by atoms with E-state index < -0.39 is 0 Å². The summed E-state index contributed by atoms with van der Waals surface area (Å²) in [4.78, 5) is 0. The lowest BCUT2D eigenvalue weighted by atomic mass is 9.80. The molecule has 0 aromatic carbocycles. The van der Waals surface area contributed by atoms with Crippen LogP contribution >= 0.6 is 0 Å². The molecule has 2 nitrogen and oxygen atoms in total. The van der Waals surface area contributed by atoms with Crippen LogP contribution in [0.1, 0.15) is 52.4 Å². The van der Waals surface area contributed by atoms with Crippen molar-refractivity contribution in [3.8, 4) is 0 Å². The SMILES string of the molecule is CCCC1CCC(CNC[C@H](C)O)CC1. The number of hydrogen-bond acceptors (Lipinski definition) is 2. The lowest BCUT2D eigenvalue weighted by molar-refractivity contribution is 0.183. The maximum atomic E-state index is 9.13. The van der Waals surface area contributed by atoms with Gasteiger partial charge >= 0.3 is 0 Å². The topological polar surface area (TPSA) is 32.3 Å². The van der Waals surface area contributed by atoms with E-state index in [1.165, 1.54) is 38.5 Å². The highest BCUT2D eigenvalue weighted by Gasteiger charge is 2.19.